The maximum Gasteiger partial charge on any atom is 0.262 e. The number of carbonyl (C=O) groups excluding carboxylic acids is 1. The number of benzene rings is 4. The molecule has 0 aromatic heterocycles. The van der Waals surface area contributed by atoms with E-state index in [-0.39, 0.29) is 5.91 Å². The van der Waals surface area contributed by atoms with Crippen LogP contribution in [0.3, 0.4) is 0 Å². The van der Waals surface area contributed by atoms with Crippen molar-refractivity contribution in [3.63, 3.8) is 0 Å². The summed E-state index contributed by atoms with van der Waals surface area (Å²) in [6.45, 7) is 2.02. The highest BCUT2D eigenvalue weighted by atomic mass is 16.2. The number of anilines is 3. The van der Waals surface area contributed by atoms with Crippen molar-refractivity contribution >= 4 is 33.7 Å². The smallest absolute Gasteiger partial charge is 0.262 e. The molecule has 2 N–H and O–H groups in total. The first-order valence-electron chi connectivity index (χ1n) is 8.87. The fraction of sp³-hybridized carbons (Fsp3) is 0.0417. The topological polar surface area (TPSA) is 46.3 Å². The van der Waals surface area contributed by atoms with Gasteiger partial charge in [-0.15, -0.1) is 0 Å². The molecule has 0 saturated carbocycles. The average molecular weight is 352 g/mol. The van der Waals surface area contributed by atoms with E-state index in [1.54, 1.807) is 29.2 Å². The van der Waals surface area contributed by atoms with Crippen molar-refractivity contribution in [2.24, 2.45) is 0 Å². The summed E-state index contributed by atoms with van der Waals surface area (Å²) in [6.07, 6.45) is 0. The second-order valence-electron chi connectivity index (χ2n) is 6.63. The van der Waals surface area contributed by atoms with E-state index < -0.39 is 0 Å². The Labute approximate surface area is 158 Å². The quantitative estimate of drug-likeness (QED) is 0.480. The molecule has 0 unspecified atom stereocenters. The van der Waals surface area contributed by atoms with Gasteiger partial charge in [0.15, 0.2) is 0 Å². The van der Waals surface area contributed by atoms with Crippen molar-refractivity contribution in [3.05, 3.63) is 102 Å². The summed E-state index contributed by atoms with van der Waals surface area (Å²) in [6, 6.07) is 29.2. The second-order valence-corrected chi connectivity index (χ2v) is 6.63. The monoisotopic (exact) mass is 352 g/mol. The first kappa shape index (κ1) is 16.9. The van der Waals surface area contributed by atoms with E-state index in [9.17, 15) is 4.79 Å². The number of nitrogen functional groups attached to an aromatic ring is 1. The van der Waals surface area contributed by atoms with E-state index in [0.29, 0.717) is 11.3 Å². The zero-order chi connectivity index (χ0) is 18.8. The van der Waals surface area contributed by atoms with Crippen LogP contribution in [-0.4, -0.2) is 5.91 Å². The Hall–Kier alpha value is -3.59. The van der Waals surface area contributed by atoms with Gasteiger partial charge in [0.25, 0.3) is 5.91 Å². The minimum Gasteiger partial charge on any atom is -0.399 e. The molecule has 4 rings (SSSR count). The maximum absolute atomic E-state index is 13.4. The van der Waals surface area contributed by atoms with Gasteiger partial charge in [-0.3, -0.25) is 9.69 Å². The summed E-state index contributed by atoms with van der Waals surface area (Å²) >= 11 is 0. The van der Waals surface area contributed by atoms with E-state index in [0.717, 1.165) is 27.7 Å². The first-order chi connectivity index (χ1) is 13.1. The third kappa shape index (κ3) is 3.40. The third-order valence-corrected chi connectivity index (χ3v) is 4.61. The lowest BCUT2D eigenvalue weighted by atomic mass is 10.1. The standard InChI is InChI=1S/C24H20N2O/c1-17-5-4-8-22(15-17)26(24(27)19-9-12-21(25)13-10-19)23-14-11-18-6-2-3-7-20(18)16-23/h2-16H,25H2,1H3. The van der Waals surface area contributed by atoms with Gasteiger partial charge >= 0.3 is 0 Å². The van der Waals surface area contributed by atoms with Crippen LogP contribution < -0.4 is 10.6 Å². The summed E-state index contributed by atoms with van der Waals surface area (Å²) in [5.74, 6) is -0.0871. The highest BCUT2D eigenvalue weighted by Crippen LogP contribution is 2.31. The maximum atomic E-state index is 13.4. The summed E-state index contributed by atoms with van der Waals surface area (Å²) in [4.78, 5) is 15.1. The van der Waals surface area contributed by atoms with Crippen LogP contribution in [-0.2, 0) is 0 Å². The van der Waals surface area contributed by atoms with Crippen molar-refractivity contribution in [3.8, 4) is 0 Å². The molecule has 4 aromatic rings. The van der Waals surface area contributed by atoms with E-state index in [1.165, 1.54) is 0 Å². The molecule has 27 heavy (non-hydrogen) atoms. The Kier molecular flexibility index (Phi) is 4.35. The Morgan fingerprint density at radius 3 is 2.19 bits per heavy atom. The summed E-state index contributed by atoms with van der Waals surface area (Å²) in [5, 5.41) is 2.24. The molecule has 0 bridgehead atoms. The molecule has 3 nitrogen and oxygen atoms in total. The van der Waals surface area contributed by atoms with E-state index in [2.05, 4.69) is 12.1 Å². The second kappa shape index (κ2) is 6.96. The molecule has 132 valence electrons. The lowest BCUT2D eigenvalue weighted by molar-refractivity contribution is 0.0999. The lowest BCUT2D eigenvalue weighted by Gasteiger charge is -2.24. The normalized spacial score (nSPS) is 10.7. The summed E-state index contributed by atoms with van der Waals surface area (Å²) < 4.78 is 0. The third-order valence-electron chi connectivity index (χ3n) is 4.61. The highest BCUT2D eigenvalue weighted by Gasteiger charge is 2.20. The van der Waals surface area contributed by atoms with Crippen LogP contribution in [0, 0.1) is 6.92 Å². The number of hydrogen-bond acceptors (Lipinski definition) is 2. The first-order valence-corrected chi connectivity index (χ1v) is 8.87. The molecule has 1 amide bonds. The van der Waals surface area contributed by atoms with E-state index >= 15 is 0 Å². The van der Waals surface area contributed by atoms with Gasteiger partial charge in [0, 0.05) is 22.6 Å². The van der Waals surface area contributed by atoms with Crippen LogP contribution in [0.25, 0.3) is 10.8 Å². The molecule has 0 saturated heterocycles. The Balaban J connectivity index is 1.86. The average Bonchev–Trinajstić information content (AvgIpc) is 2.68. The predicted molar refractivity (Wildman–Crippen MR) is 112 cm³/mol. The molecule has 0 spiro atoms. The van der Waals surface area contributed by atoms with Crippen LogP contribution in [0.5, 0.6) is 0 Å². The number of fused-ring (bicyclic) bond motifs is 1. The predicted octanol–water partition coefficient (Wildman–Crippen LogP) is 5.71. The minimum absolute atomic E-state index is 0.0871. The van der Waals surface area contributed by atoms with Crippen molar-refractivity contribution in [2.75, 3.05) is 10.6 Å². The number of nitrogens with two attached hydrogens (primary N) is 1. The number of nitrogens with zero attached hydrogens (tertiary/aromatic N) is 1. The molecule has 0 fully saturated rings. The largest absolute Gasteiger partial charge is 0.399 e. The molecule has 0 aliphatic heterocycles. The Bertz CT molecular complexity index is 1120. The van der Waals surface area contributed by atoms with Gasteiger partial charge in [0.05, 0.1) is 0 Å². The minimum atomic E-state index is -0.0871. The zero-order valence-electron chi connectivity index (χ0n) is 15.1. The fourth-order valence-corrected chi connectivity index (χ4v) is 3.22. The van der Waals surface area contributed by atoms with Gasteiger partial charge in [-0.1, -0.05) is 42.5 Å². The molecular weight excluding hydrogens is 332 g/mol. The molecular formula is C24H20N2O. The number of rotatable bonds is 3. The van der Waals surface area contributed by atoms with Crippen LogP contribution in [0.15, 0.2) is 91.0 Å². The van der Waals surface area contributed by atoms with Crippen LogP contribution in [0.4, 0.5) is 17.1 Å². The number of aryl methyl sites for hydroxylation is 1. The summed E-state index contributed by atoms with van der Waals surface area (Å²) in [5.41, 5.74) is 9.79. The van der Waals surface area contributed by atoms with Gasteiger partial charge in [-0.25, -0.2) is 0 Å². The van der Waals surface area contributed by atoms with E-state index in [1.807, 2.05) is 61.5 Å². The van der Waals surface area contributed by atoms with Gasteiger partial charge in [0.1, 0.15) is 0 Å². The van der Waals surface area contributed by atoms with Gasteiger partial charge in [-0.05, 0) is 71.8 Å². The van der Waals surface area contributed by atoms with Crippen molar-refractivity contribution in [2.45, 2.75) is 6.92 Å². The number of hydrogen-bond donors (Lipinski definition) is 1. The Morgan fingerprint density at radius 2 is 1.44 bits per heavy atom. The molecule has 0 aliphatic rings. The molecule has 0 aliphatic carbocycles. The van der Waals surface area contributed by atoms with Crippen molar-refractivity contribution in [1.29, 1.82) is 0 Å². The molecule has 0 radical (unpaired) electrons. The number of amides is 1. The number of carbonyl (C=O) groups is 1. The van der Waals surface area contributed by atoms with Crippen LogP contribution in [0.1, 0.15) is 15.9 Å². The highest BCUT2D eigenvalue weighted by molar-refractivity contribution is 6.11. The fourth-order valence-electron chi connectivity index (χ4n) is 3.22. The molecule has 0 heterocycles. The van der Waals surface area contributed by atoms with Crippen molar-refractivity contribution in [1.82, 2.24) is 0 Å². The van der Waals surface area contributed by atoms with Crippen molar-refractivity contribution < 1.29 is 4.79 Å². The zero-order valence-corrected chi connectivity index (χ0v) is 15.1. The molecule has 4 aromatic carbocycles. The lowest BCUT2D eigenvalue weighted by Crippen LogP contribution is -2.26. The van der Waals surface area contributed by atoms with Crippen LogP contribution in [0.2, 0.25) is 0 Å². The molecule has 3 heteroatoms. The summed E-state index contributed by atoms with van der Waals surface area (Å²) in [7, 11) is 0. The van der Waals surface area contributed by atoms with E-state index in [4.69, 9.17) is 5.73 Å². The van der Waals surface area contributed by atoms with Gasteiger partial charge < -0.3 is 5.73 Å². The van der Waals surface area contributed by atoms with Gasteiger partial charge in [-0.2, -0.15) is 0 Å². The SMILES string of the molecule is Cc1cccc(N(C(=O)c2ccc(N)cc2)c2ccc3ccccc3c2)c1. The Morgan fingerprint density at radius 1 is 0.741 bits per heavy atom. The molecule has 0 atom stereocenters. The van der Waals surface area contributed by atoms with Crippen LogP contribution >= 0.6 is 0 Å². The van der Waals surface area contributed by atoms with Gasteiger partial charge in [0.2, 0.25) is 0 Å².